The van der Waals surface area contributed by atoms with E-state index in [-0.39, 0.29) is 4.90 Å². The molecule has 1 aromatic heterocycles. The molecule has 1 aromatic carbocycles. The molecule has 1 aliphatic rings. The summed E-state index contributed by atoms with van der Waals surface area (Å²) in [7, 11) is -3.66. The first kappa shape index (κ1) is 16.0. The molecule has 7 nitrogen and oxygen atoms in total. The average Bonchev–Trinajstić information content (AvgIpc) is 3.17. The van der Waals surface area contributed by atoms with Crippen molar-refractivity contribution in [3.05, 3.63) is 42.2 Å². The summed E-state index contributed by atoms with van der Waals surface area (Å²) in [6.07, 6.45) is 4.05. The van der Waals surface area contributed by atoms with Gasteiger partial charge in [-0.15, -0.1) is 0 Å². The standard InChI is InChI=1S/C15H20N4O3S/c16-23(20,21)13-5-3-12(4-6-13)22-11-10-19-9-1-2-15(19)14-7-8-17-18-14/h3-8,15H,1-2,9-11H2,(H,17,18)(H2,16,20,21)/t15-/m0/s1. The number of ether oxygens (including phenoxy) is 1. The van der Waals surface area contributed by atoms with Crippen LogP contribution in [-0.2, 0) is 10.0 Å². The summed E-state index contributed by atoms with van der Waals surface area (Å²) in [4.78, 5) is 2.45. The van der Waals surface area contributed by atoms with Gasteiger partial charge in [0.2, 0.25) is 10.0 Å². The van der Waals surface area contributed by atoms with E-state index < -0.39 is 10.0 Å². The van der Waals surface area contributed by atoms with Gasteiger partial charge in [0.15, 0.2) is 0 Å². The highest BCUT2D eigenvalue weighted by molar-refractivity contribution is 7.89. The number of primary sulfonamides is 1. The van der Waals surface area contributed by atoms with Gasteiger partial charge in [0.1, 0.15) is 12.4 Å². The van der Waals surface area contributed by atoms with Crippen LogP contribution in [0, 0.1) is 0 Å². The normalized spacial score (nSPS) is 19.1. The third-order valence-corrected chi connectivity index (χ3v) is 4.97. The highest BCUT2D eigenvalue weighted by atomic mass is 32.2. The molecule has 1 atom stereocenters. The van der Waals surface area contributed by atoms with Crippen LogP contribution in [0.1, 0.15) is 24.6 Å². The largest absolute Gasteiger partial charge is 0.492 e. The molecular formula is C15H20N4O3S. The Bertz CT molecular complexity index is 729. The van der Waals surface area contributed by atoms with Crippen molar-refractivity contribution in [3.63, 3.8) is 0 Å². The van der Waals surface area contributed by atoms with Crippen molar-refractivity contribution in [3.8, 4) is 5.75 Å². The molecule has 1 aliphatic heterocycles. The van der Waals surface area contributed by atoms with Gasteiger partial charge in [-0.1, -0.05) is 0 Å². The fourth-order valence-electron chi connectivity index (χ4n) is 2.90. The van der Waals surface area contributed by atoms with E-state index in [1.54, 1.807) is 18.3 Å². The Balaban J connectivity index is 1.53. The Morgan fingerprint density at radius 3 is 2.74 bits per heavy atom. The van der Waals surface area contributed by atoms with Crippen LogP contribution in [0.3, 0.4) is 0 Å². The third-order valence-electron chi connectivity index (χ3n) is 4.04. The Labute approximate surface area is 135 Å². The van der Waals surface area contributed by atoms with Gasteiger partial charge in [-0.05, 0) is 49.7 Å². The fourth-order valence-corrected chi connectivity index (χ4v) is 3.42. The number of benzene rings is 1. The summed E-state index contributed by atoms with van der Waals surface area (Å²) in [6.45, 7) is 2.39. The molecule has 0 spiro atoms. The second kappa shape index (κ2) is 6.69. The molecule has 0 saturated carbocycles. The first-order valence-electron chi connectivity index (χ1n) is 7.53. The van der Waals surface area contributed by atoms with Crippen LogP contribution >= 0.6 is 0 Å². The first-order valence-corrected chi connectivity index (χ1v) is 9.08. The lowest BCUT2D eigenvalue weighted by molar-refractivity contribution is 0.195. The number of nitrogens with two attached hydrogens (primary N) is 1. The van der Waals surface area contributed by atoms with E-state index in [9.17, 15) is 8.42 Å². The van der Waals surface area contributed by atoms with E-state index in [2.05, 4.69) is 15.1 Å². The van der Waals surface area contributed by atoms with Crippen LogP contribution in [-0.4, -0.2) is 43.2 Å². The van der Waals surface area contributed by atoms with Crippen LogP contribution in [0.25, 0.3) is 0 Å². The summed E-state index contributed by atoms with van der Waals surface area (Å²) < 4.78 is 28.1. The molecule has 1 saturated heterocycles. The maximum atomic E-state index is 11.2. The smallest absolute Gasteiger partial charge is 0.238 e. The predicted molar refractivity (Wildman–Crippen MR) is 85.4 cm³/mol. The molecule has 124 valence electrons. The molecule has 3 N–H and O–H groups in total. The lowest BCUT2D eigenvalue weighted by atomic mass is 10.1. The number of likely N-dealkylation sites (tertiary alicyclic amines) is 1. The van der Waals surface area contributed by atoms with E-state index in [0.717, 1.165) is 31.6 Å². The Morgan fingerprint density at radius 1 is 1.30 bits per heavy atom. The molecular weight excluding hydrogens is 316 g/mol. The Morgan fingerprint density at radius 2 is 2.09 bits per heavy atom. The summed E-state index contributed by atoms with van der Waals surface area (Å²) in [5, 5.41) is 12.1. The van der Waals surface area contributed by atoms with Gasteiger partial charge in [-0.25, -0.2) is 13.6 Å². The van der Waals surface area contributed by atoms with E-state index in [4.69, 9.17) is 9.88 Å². The monoisotopic (exact) mass is 336 g/mol. The van der Waals surface area contributed by atoms with Crippen molar-refractivity contribution in [1.29, 1.82) is 0 Å². The minimum atomic E-state index is -3.66. The van der Waals surface area contributed by atoms with Gasteiger partial charge in [0.25, 0.3) is 0 Å². The molecule has 0 aliphatic carbocycles. The van der Waals surface area contributed by atoms with E-state index >= 15 is 0 Å². The number of aromatic amines is 1. The third kappa shape index (κ3) is 3.90. The van der Waals surface area contributed by atoms with Crippen molar-refractivity contribution < 1.29 is 13.2 Å². The number of rotatable bonds is 6. The molecule has 8 heteroatoms. The Kier molecular flexibility index (Phi) is 4.65. The molecule has 0 amide bonds. The molecule has 0 unspecified atom stereocenters. The zero-order chi connectivity index (χ0) is 16.3. The summed E-state index contributed by atoms with van der Waals surface area (Å²) in [5.74, 6) is 0.634. The van der Waals surface area contributed by atoms with Crippen LogP contribution in [0.5, 0.6) is 5.75 Å². The molecule has 0 radical (unpaired) electrons. The number of hydrogen-bond acceptors (Lipinski definition) is 5. The van der Waals surface area contributed by atoms with Gasteiger partial charge in [-0.2, -0.15) is 5.10 Å². The SMILES string of the molecule is NS(=O)(=O)c1ccc(OCCN2CCC[C@H]2c2ccn[nH]2)cc1. The number of sulfonamides is 1. The zero-order valence-electron chi connectivity index (χ0n) is 12.7. The van der Waals surface area contributed by atoms with Gasteiger partial charge in [0, 0.05) is 12.7 Å². The van der Waals surface area contributed by atoms with Gasteiger partial charge in [0.05, 0.1) is 16.6 Å². The second-order valence-electron chi connectivity index (χ2n) is 5.57. The van der Waals surface area contributed by atoms with Crippen LogP contribution < -0.4 is 9.88 Å². The average molecular weight is 336 g/mol. The quantitative estimate of drug-likeness (QED) is 0.827. The predicted octanol–water partition coefficient (Wildman–Crippen LogP) is 1.27. The fraction of sp³-hybridized carbons (Fsp3) is 0.400. The molecule has 1 fully saturated rings. The molecule has 2 aromatic rings. The maximum Gasteiger partial charge on any atom is 0.238 e. The lowest BCUT2D eigenvalue weighted by Gasteiger charge is -2.23. The topological polar surface area (TPSA) is 101 Å². The first-order chi connectivity index (χ1) is 11.0. The molecule has 2 heterocycles. The molecule has 23 heavy (non-hydrogen) atoms. The number of H-pyrrole nitrogens is 1. The minimum absolute atomic E-state index is 0.0868. The minimum Gasteiger partial charge on any atom is -0.492 e. The number of nitrogens with zero attached hydrogens (tertiary/aromatic N) is 2. The number of hydrogen-bond donors (Lipinski definition) is 2. The second-order valence-corrected chi connectivity index (χ2v) is 7.13. The van der Waals surface area contributed by atoms with Crippen LogP contribution in [0.4, 0.5) is 0 Å². The van der Waals surface area contributed by atoms with Crippen molar-refractivity contribution in [2.75, 3.05) is 19.7 Å². The Hall–Kier alpha value is -1.90. The van der Waals surface area contributed by atoms with E-state index in [0.29, 0.717) is 18.4 Å². The van der Waals surface area contributed by atoms with Crippen LogP contribution in [0.15, 0.2) is 41.4 Å². The summed E-state index contributed by atoms with van der Waals surface area (Å²) in [6, 6.07) is 8.52. The van der Waals surface area contributed by atoms with E-state index in [1.165, 1.54) is 12.1 Å². The summed E-state index contributed by atoms with van der Waals surface area (Å²) in [5.41, 5.74) is 1.14. The van der Waals surface area contributed by atoms with Crippen LogP contribution in [0.2, 0.25) is 0 Å². The van der Waals surface area contributed by atoms with E-state index in [1.807, 2.05) is 6.07 Å². The zero-order valence-corrected chi connectivity index (χ0v) is 13.5. The molecule has 0 bridgehead atoms. The van der Waals surface area contributed by atoms with Crippen molar-refractivity contribution in [2.24, 2.45) is 5.14 Å². The van der Waals surface area contributed by atoms with Gasteiger partial charge < -0.3 is 4.74 Å². The highest BCUT2D eigenvalue weighted by Gasteiger charge is 2.26. The van der Waals surface area contributed by atoms with Gasteiger partial charge in [-0.3, -0.25) is 10.00 Å². The maximum absolute atomic E-state index is 11.2. The van der Waals surface area contributed by atoms with Crippen molar-refractivity contribution >= 4 is 10.0 Å². The van der Waals surface area contributed by atoms with Crippen molar-refractivity contribution in [2.45, 2.75) is 23.8 Å². The molecule has 3 rings (SSSR count). The highest BCUT2D eigenvalue weighted by Crippen LogP contribution is 2.30. The summed E-state index contributed by atoms with van der Waals surface area (Å²) >= 11 is 0. The number of aromatic nitrogens is 2. The van der Waals surface area contributed by atoms with Gasteiger partial charge >= 0.3 is 0 Å². The van der Waals surface area contributed by atoms with Crippen molar-refractivity contribution in [1.82, 2.24) is 15.1 Å². The lowest BCUT2D eigenvalue weighted by Crippen LogP contribution is -2.28. The number of nitrogens with one attached hydrogen (secondary N) is 1.